The fourth-order valence-electron chi connectivity index (χ4n) is 1.85. The van der Waals surface area contributed by atoms with E-state index in [1.807, 2.05) is 12.1 Å². The van der Waals surface area contributed by atoms with Crippen LogP contribution in [-0.2, 0) is 16.0 Å². The highest BCUT2D eigenvalue weighted by Crippen LogP contribution is 2.19. The summed E-state index contributed by atoms with van der Waals surface area (Å²) in [6, 6.07) is 7.20. The van der Waals surface area contributed by atoms with Gasteiger partial charge in [0.1, 0.15) is 0 Å². The standard InChI is InChI=1S/C14H14FNO2/c1-18-13(17)8-4-7-12-14(15)11-6-3-2-5-10(11)9-16-12/h2-3,5-6,9H,4,7-8H2,1H3. The van der Waals surface area contributed by atoms with Crippen LogP contribution in [0.4, 0.5) is 4.39 Å². The van der Waals surface area contributed by atoms with Crippen LogP contribution < -0.4 is 0 Å². The highest BCUT2D eigenvalue weighted by Gasteiger charge is 2.09. The number of hydrogen-bond acceptors (Lipinski definition) is 3. The maximum absolute atomic E-state index is 14.1. The summed E-state index contributed by atoms with van der Waals surface area (Å²) in [6.45, 7) is 0. The predicted octanol–water partition coefficient (Wildman–Crippen LogP) is 2.87. The number of carbonyl (C=O) groups is 1. The lowest BCUT2D eigenvalue weighted by molar-refractivity contribution is -0.140. The molecule has 0 spiro atoms. The second-order valence-corrected chi connectivity index (χ2v) is 4.04. The van der Waals surface area contributed by atoms with E-state index in [0.717, 1.165) is 5.39 Å². The van der Waals surface area contributed by atoms with Gasteiger partial charge < -0.3 is 4.74 Å². The first-order chi connectivity index (χ1) is 8.72. The Kier molecular flexibility index (Phi) is 3.87. The number of fused-ring (bicyclic) bond motifs is 1. The number of pyridine rings is 1. The van der Waals surface area contributed by atoms with E-state index in [1.165, 1.54) is 7.11 Å². The molecule has 94 valence electrons. The Bertz CT molecular complexity index is 569. The number of nitrogens with zero attached hydrogens (tertiary/aromatic N) is 1. The number of benzene rings is 1. The van der Waals surface area contributed by atoms with Gasteiger partial charge in [-0.1, -0.05) is 24.3 Å². The number of ether oxygens (including phenoxy) is 1. The molecule has 0 N–H and O–H groups in total. The predicted molar refractivity (Wildman–Crippen MR) is 66.7 cm³/mol. The molecule has 0 unspecified atom stereocenters. The Morgan fingerprint density at radius 1 is 1.39 bits per heavy atom. The SMILES string of the molecule is COC(=O)CCCc1ncc2ccccc2c1F. The number of aryl methyl sites for hydroxylation is 1. The molecule has 4 heteroatoms. The van der Waals surface area contributed by atoms with Crippen LogP contribution in [0, 0.1) is 5.82 Å². The minimum atomic E-state index is -0.294. The molecule has 0 saturated carbocycles. The van der Waals surface area contributed by atoms with Crippen molar-refractivity contribution in [3.05, 3.63) is 42.0 Å². The van der Waals surface area contributed by atoms with Crippen molar-refractivity contribution in [1.29, 1.82) is 0 Å². The zero-order valence-electron chi connectivity index (χ0n) is 10.1. The summed E-state index contributed by atoms with van der Waals surface area (Å²) in [5, 5.41) is 1.35. The normalized spacial score (nSPS) is 10.6. The molecular weight excluding hydrogens is 233 g/mol. The first-order valence-electron chi connectivity index (χ1n) is 5.81. The van der Waals surface area contributed by atoms with E-state index >= 15 is 0 Å². The number of halogens is 1. The number of hydrogen-bond donors (Lipinski definition) is 0. The molecule has 3 nitrogen and oxygen atoms in total. The molecule has 0 amide bonds. The van der Waals surface area contributed by atoms with Crippen molar-refractivity contribution < 1.29 is 13.9 Å². The Labute approximate surface area is 105 Å². The molecule has 0 radical (unpaired) electrons. The van der Waals surface area contributed by atoms with E-state index in [0.29, 0.717) is 23.9 Å². The Hall–Kier alpha value is -1.97. The fourth-order valence-corrected chi connectivity index (χ4v) is 1.85. The van der Waals surface area contributed by atoms with Gasteiger partial charge >= 0.3 is 5.97 Å². The minimum Gasteiger partial charge on any atom is -0.469 e. The van der Waals surface area contributed by atoms with Gasteiger partial charge in [-0.05, 0) is 12.8 Å². The monoisotopic (exact) mass is 247 g/mol. The fraction of sp³-hybridized carbons (Fsp3) is 0.286. The third kappa shape index (κ3) is 2.64. The van der Waals surface area contributed by atoms with Crippen LogP contribution in [0.25, 0.3) is 10.8 Å². The molecule has 2 rings (SSSR count). The van der Waals surface area contributed by atoms with Crippen molar-refractivity contribution in [2.45, 2.75) is 19.3 Å². The van der Waals surface area contributed by atoms with Crippen molar-refractivity contribution in [3.63, 3.8) is 0 Å². The van der Waals surface area contributed by atoms with Crippen molar-refractivity contribution in [3.8, 4) is 0 Å². The van der Waals surface area contributed by atoms with Crippen LogP contribution in [0.2, 0.25) is 0 Å². The molecule has 0 fully saturated rings. The maximum Gasteiger partial charge on any atom is 0.305 e. The first kappa shape index (κ1) is 12.5. The van der Waals surface area contributed by atoms with Gasteiger partial charge in [0.25, 0.3) is 0 Å². The van der Waals surface area contributed by atoms with Gasteiger partial charge in [-0.3, -0.25) is 9.78 Å². The molecule has 0 aliphatic heterocycles. The second-order valence-electron chi connectivity index (χ2n) is 4.04. The number of esters is 1. The smallest absolute Gasteiger partial charge is 0.305 e. The highest BCUT2D eigenvalue weighted by molar-refractivity contribution is 5.82. The largest absolute Gasteiger partial charge is 0.469 e. The maximum atomic E-state index is 14.1. The van der Waals surface area contributed by atoms with Crippen LogP contribution in [0.1, 0.15) is 18.5 Å². The molecule has 1 heterocycles. The third-order valence-corrected chi connectivity index (χ3v) is 2.83. The second kappa shape index (κ2) is 5.58. The van der Waals surface area contributed by atoms with Crippen LogP contribution in [0.15, 0.2) is 30.5 Å². The van der Waals surface area contributed by atoms with E-state index < -0.39 is 0 Å². The van der Waals surface area contributed by atoms with E-state index in [-0.39, 0.29) is 18.2 Å². The van der Waals surface area contributed by atoms with Gasteiger partial charge in [-0.25, -0.2) is 4.39 Å². The summed E-state index contributed by atoms with van der Waals surface area (Å²) in [7, 11) is 1.34. The quantitative estimate of drug-likeness (QED) is 0.780. The number of methoxy groups -OCH3 is 1. The van der Waals surface area contributed by atoms with Gasteiger partial charge in [0.05, 0.1) is 12.8 Å². The lowest BCUT2D eigenvalue weighted by Crippen LogP contribution is -2.02. The minimum absolute atomic E-state index is 0.281. The number of aromatic nitrogens is 1. The molecule has 18 heavy (non-hydrogen) atoms. The molecule has 1 aromatic carbocycles. The van der Waals surface area contributed by atoms with Crippen molar-refractivity contribution in [2.75, 3.05) is 7.11 Å². The van der Waals surface area contributed by atoms with Gasteiger partial charge in [0.2, 0.25) is 0 Å². The van der Waals surface area contributed by atoms with E-state index in [9.17, 15) is 9.18 Å². The molecule has 0 aliphatic carbocycles. The van der Waals surface area contributed by atoms with Crippen molar-refractivity contribution >= 4 is 16.7 Å². The Morgan fingerprint density at radius 2 is 2.17 bits per heavy atom. The van der Waals surface area contributed by atoms with Crippen LogP contribution in [0.3, 0.4) is 0 Å². The molecule has 0 aliphatic rings. The molecular formula is C14H14FNO2. The number of rotatable bonds is 4. The average molecular weight is 247 g/mol. The Balaban J connectivity index is 2.14. The topological polar surface area (TPSA) is 39.2 Å². The summed E-state index contributed by atoms with van der Waals surface area (Å²) >= 11 is 0. The van der Waals surface area contributed by atoms with Crippen LogP contribution in [-0.4, -0.2) is 18.1 Å². The molecule has 1 aromatic heterocycles. The van der Waals surface area contributed by atoms with E-state index in [2.05, 4.69) is 9.72 Å². The van der Waals surface area contributed by atoms with Gasteiger partial charge in [-0.15, -0.1) is 0 Å². The molecule has 0 saturated heterocycles. The van der Waals surface area contributed by atoms with Gasteiger partial charge in [-0.2, -0.15) is 0 Å². The third-order valence-electron chi connectivity index (χ3n) is 2.83. The lowest BCUT2D eigenvalue weighted by atomic mass is 10.1. The average Bonchev–Trinajstić information content (AvgIpc) is 2.41. The van der Waals surface area contributed by atoms with E-state index in [1.54, 1.807) is 18.3 Å². The summed E-state index contributed by atoms with van der Waals surface area (Å²) in [6.07, 6.45) is 2.91. The summed E-state index contributed by atoms with van der Waals surface area (Å²) in [5.74, 6) is -0.575. The summed E-state index contributed by atoms with van der Waals surface area (Å²) < 4.78 is 18.6. The zero-order valence-corrected chi connectivity index (χ0v) is 10.1. The number of carbonyl (C=O) groups excluding carboxylic acids is 1. The molecule has 0 atom stereocenters. The van der Waals surface area contributed by atoms with E-state index in [4.69, 9.17) is 0 Å². The van der Waals surface area contributed by atoms with Crippen LogP contribution >= 0.6 is 0 Å². The summed E-state index contributed by atoms with van der Waals surface area (Å²) in [5.41, 5.74) is 0.401. The summed E-state index contributed by atoms with van der Waals surface area (Å²) in [4.78, 5) is 15.1. The first-order valence-corrected chi connectivity index (χ1v) is 5.81. The van der Waals surface area contributed by atoms with Gasteiger partial charge in [0.15, 0.2) is 5.82 Å². The van der Waals surface area contributed by atoms with Crippen molar-refractivity contribution in [1.82, 2.24) is 4.98 Å². The molecule has 2 aromatic rings. The van der Waals surface area contributed by atoms with Crippen molar-refractivity contribution in [2.24, 2.45) is 0 Å². The zero-order chi connectivity index (χ0) is 13.0. The highest BCUT2D eigenvalue weighted by atomic mass is 19.1. The van der Waals surface area contributed by atoms with Gasteiger partial charge in [0, 0.05) is 23.4 Å². The van der Waals surface area contributed by atoms with Crippen LogP contribution in [0.5, 0.6) is 0 Å². The Morgan fingerprint density at radius 3 is 2.94 bits per heavy atom. The molecule has 0 bridgehead atoms. The lowest BCUT2D eigenvalue weighted by Gasteiger charge is -2.05.